The van der Waals surface area contributed by atoms with E-state index < -0.39 is 0 Å². The molecule has 0 rings (SSSR count). The first-order valence-corrected chi connectivity index (χ1v) is 4.69. The lowest BCUT2D eigenvalue weighted by atomic mass is 10.2. The number of hydrazine groups is 2. The fraction of sp³-hybridized carbons (Fsp3) is 0.875. The van der Waals surface area contributed by atoms with Crippen LogP contribution in [0.15, 0.2) is 0 Å². The minimum atomic E-state index is -0.377. The monoisotopic (exact) mass is 188 g/mol. The first kappa shape index (κ1) is 12.2. The summed E-state index contributed by atoms with van der Waals surface area (Å²) in [6.45, 7) is 3.03. The zero-order valence-corrected chi connectivity index (χ0v) is 8.47. The molecule has 0 aromatic carbocycles. The molecule has 0 saturated carbocycles. The summed E-state index contributed by atoms with van der Waals surface area (Å²) in [5.74, 6) is 4.91. The number of unbranched alkanes of at least 4 members (excludes halogenated alkanes) is 3. The zero-order chi connectivity index (χ0) is 10.1. The van der Waals surface area contributed by atoms with Crippen LogP contribution < -0.4 is 16.7 Å². The third-order valence-electron chi connectivity index (χ3n) is 1.77. The molecule has 0 radical (unpaired) electrons. The van der Waals surface area contributed by atoms with E-state index in [2.05, 4.69) is 12.3 Å². The second-order valence-corrected chi connectivity index (χ2v) is 3.07. The van der Waals surface area contributed by atoms with Crippen molar-refractivity contribution in [1.82, 2.24) is 15.9 Å². The largest absolute Gasteiger partial charge is 0.343 e. The van der Waals surface area contributed by atoms with E-state index in [1.54, 1.807) is 5.01 Å². The lowest BCUT2D eigenvalue weighted by molar-refractivity contribution is 0.196. The lowest BCUT2D eigenvalue weighted by Crippen LogP contribution is -2.47. The van der Waals surface area contributed by atoms with Gasteiger partial charge < -0.3 is 0 Å². The number of hydrogen-bond donors (Lipinski definition) is 3. The van der Waals surface area contributed by atoms with Crippen LogP contribution in [0.4, 0.5) is 4.79 Å². The summed E-state index contributed by atoms with van der Waals surface area (Å²) in [5.41, 5.74) is 4.57. The van der Waals surface area contributed by atoms with Crippen LogP contribution in [-0.2, 0) is 0 Å². The number of urea groups is 1. The number of nitrogens with one attached hydrogen (secondary N) is 2. The predicted octanol–water partition coefficient (Wildman–Crippen LogP) is 0.586. The van der Waals surface area contributed by atoms with E-state index in [1.165, 1.54) is 19.3 Å². The van der Waals surface area contributed by atoms with Crippen molar-refractivity contribution in [1.29, 1.82) is 0 Å². The van der Waals surface area contributed by atoms with Crippen molar-refractivity contribution in [3.05, 3.63) is 0 Å². The van der Waals surface area contributed by atoms with E-state index in [9.17, 15) is 4.79 Å². The molecule has 78 valence electrons. The predicted molar refractivity (Wildman–Crippen MR) is 52.6 cm³/mol. The minimum absolute atomic E-state index is 0.377. The molecule has 0 aliphatic carbocycles. The van der Waals surface area contributed by atoms with Gasteiger partial charge in [0.25, 0.3) is 0 Å². The highest BCUT2D eigenvalue weighted by molar-refractivity contribution is 5.72. The maximum atomic E-state index is 10.7. The average molecular weight is 188 g/mol. The summed E-state index contributed by atoms with van der Waals surface area (Å²) >= 11 is 0. The zero-order valence-electron chi connectivity index (χ0n) is 8.47. The number of rotatable bonds is 6. The summed E-state index contributed by atoms with van der Waals surface area (Å²) in [5, 5.41) is 1.73. The van der Waals surface area contributed by atoms with E-state index in [1.807, 2.05) is 12.5 Å². The molecule has 0 spiro atoms. The minimum Gasteiger partial charge on any atom is -0.275 e. The van der Waals surface area contributed by atoms with Gasteiger partial charge in [-0.1, -0.05) is 26.2 Å². The Labute approximate surface area is 79.6 Å². The van der Waals surface area contributed by atoms with Crippen molar-refractivity contribution in [3.8, 4) is 0 Å². The number of nitrogens with zero attached hydrogens (tertiary/aromatic N) is 1. The molecule has 0 saturated heterocycles. The van der Waals surface area contributed by atoms with E-state index in [0.29, 0.717) is 0 Å². The molecule has 13 heavy (non-hydrogen) atoms. The third kappa shape index (κ3) is 7.55. The molecule has 0 atom stereocenters. The molecule has 5 nitrogen and oxygen atoms in total. The highest BCUT2D eigenvalue weighted by Crippen LogP contribution is 1.98. The molecular formula is C8H20N4O. The van der Waals surface area contributed by atoms with Gasteiger partial charge in [-0.3, -0.25) is 10.9 Å². The molecule has 0 unspecified atom stereocenters. The maximum absolute atomic E-state index is 10.7. The fourth-order valence-electron chi connectivity index (χ4n) is 1.04. The van der Waals surface area contributed by atoms with Crippen molar-refractivity contribution >= 4 is 6.03 Å². The Hall–Kier alpha value is -0.810. The molecule has 0 aromatic rings. The van der Waals surface area contributed by atoms with Gasteiger partial charge in [0, 0.05) is 13.6 Å². The standard InChI is InChI=1S/C8H20N4O/c1-3-4-5-6-7-12(2)11-8(13)10-9/h3-7,9H2,1-2H3,(H2,10,11,13). The first-order valence-electron chi connectivity index (χ1n) is 4.69. The summed E-state index contributed by atoms with van der Waals surface area (Å²) in [7, 11) is 1.82. The fourth-order valence-corrected chi connectivity index (χ4v) is 1.04. The Morgan fingerprint density at radius 1 is 1.38 bits per heavy atom. The van der Waals surface area contributed by atoms with Crippen molar-refractivity contribution in [3.63, 3.8) is 0 Å². The van der Waals surface area contributed by atoms with Gasteiger partial charge in [0.05, 0.1) is 0 Å². The molecule has 5 heteroatoms. The SMILES string of the molecule is CCCCCCN(C)NC(=O)NN. The Balaban J connectivity index is 3.29. The number of hydrogen-bond acceptors (Lipinski definition) is 3. The highest BCUT2D eigenvalue weighted by atomic mass is 16.2. The Morgan fingerprint density at radius 2 is 2.08 bits per heavy atom. The summed E-state index contributed by atoms with van der Waals surface area (Å²) < 4.78 is 0. The average Bonchev–Trinajstić information content (AvgIpc) is 2.12. The van der Waals surface area contributed by atoms with Crippen molar-refractivity contribution in [2.24, 2.45) is 5.84 Å². The van der Waals surface area contributed by atoms with Gasteiger partial charge >= 0.3 is 6.03 Å². The van der Waals surface area contributed by atoms with E-state index in [-0.39, 0.29) is 6.03 Å². The second kappa shape index (κ2) is 7.82. The Kier molecular flexibility index (Phi) is 7.33. The third-order valence-corrected chi connectivity index (χ3v) is 1.77. The molecule has 0 heterocycles. The molecule has 0 aliphatic rings. The van der Waals surface area contributed by atoms with Crippen LogP contribution in [0.3, 0.4) is 0 Å². The van der Waals surface area contributed by atoms with Crippen LogP contribution in [0.5, 0.6) is 0 Å². The number of amides is 2. The quantitative estimate of drug-likeness (QED) is 0.247. The van der Waals surface area contributed by atoms with Crippen LogP contribution in [0, 0.1) is 0 Å². The molecule has 0 fully saturated rings. The van der Waals surface area contributed by atoms with E-state index in [4.69, 9.17) is 5.84 Å². The summed E-state index contributed by atoms with van der Waals surface area (Å²) in [6.07, 6.45) is 4.76. The number of nitrogens with two attached hydrogens (primary N) is 1. The van der Waals surface area contributed by atoms with Crippen LogP contribution in [0.2, 0.25) is 0 Å². The summed E-state index contributed by atoms with van der Waals surface area (Å²) in [4.78, 5) is 10.7. The second-order valence-electron chi connectivity index (χ2n) is 3.07. The number of carbonyl (C=O) groups is 1. The van der Waals surface area contributed by atoms with Crippen LogP contribution >= 0.6 is 0 Å². The van der Waals surface area contributed by atoms with E-state index >= 15 is 0 Å². The maximum Gasteiger partial charge on any atom is 0.343 e. The lowest BCUT2D eigenvalue weighted by Gasteiger charge is -2.16. The van der Waals surface area contributed by atoms with Gasteiger partial charge in [-0.2, -0.15) is 0 Å². The molecular weight excluding hydrogens is 168 g/mol. The van der Waals surface area contributed by atoms with Gasteiger partial charge in [-0.15, -0.1) is 0 Å². The summed E-state index contributed by atoms with van der Waals surface area (Å²) in [6, 6.07) is -0.377. The molecule has 2 amide bonds. The van der Waals surface area contributed by atoms with Crippen molar-refractivity contribution in [2.75, 3.05) is 13.6 Å². The van der Waals surface area contributed by atoms with Crippen LogP contribution in [-0.4, -0.2) is 24.6 Å². The molecule has 0 aromatic heterocycles. The van der Waals surface area contributed by atoms with Gasteiger partial charge in [0.2, 0.25) is 0 Å². The molecule has 0 aliphatic heterocycles. The van der Waals surface area contributed by atoms with Gasteiger partial charge in [0.15, 0.2) is 0 Å². The van der Waals surface area contributed by atoms with Crippen LogP contribution in [0.25, 0.3) is 0 Å². The van der Waals surface area contributed by atoms with Crippen molar-refractivity contribution in [2.45, 2.75) is 32.6 Å². The van der Waals surface area contributed by atoms with Crippen LogP contribution in [0.1, 0.15) is 32.6 Å². The molecule has 0 bridgehead atoms. The number of carbonyl (C=O) groups excluding carboxylic acids is 1. The smallest absolute Gasteiger partial charge is 0.275 e. The van der Waals surface area contributed by atoms with Gasteiger partial charge in [0.1, 0.15) is 0 Å². The molecule has 4 N–H and O–H groups in total. The highest BCUT2D eigenvalue weighted by Gasteiger charge is 2.00. The Bertz CT molecular complexity index is 140. The first-order chi connectivity index (χ1) is 6.20. The van der Waals surface area contributed by atoms with E-state index in [0.717, 1.165) is 13.0 Å². The van der Waals surface area contributed by atoms with Crippen molar-refractivity contribution < 1.29 is 4.79 Å². The van der Waals surface area contributed by atoms with Gasteiger partial charge in [-0.05, 0) is 6.42 Å². The Morgan fingerprint density at radius 3 is 2.62 bits per heavy atom. The topological polar surface area (TPSA) is 70.4 Å². The van der Waals surface area contributed by atoms with Gasteiger partial charge in [-0.25, -0.2) is 15.6 Å². The normalized spacial score (nSPS) is 10.2.